The van der Waals surface area contributed by atoms with E-state index in [0.717, 1.165) is 30.8 Å². The van der Waals surface area contributed by atoms with E-state index in [4.69, 9.17) is 5.73 Å². The first-order chi connectivity index (χ1) is 8.71. The second-order valence-electron chi connectivity index (χ2n) is 4.93. The van der Waals surface area contributed by atoms with E-state index in [2.05, 4.69) is 28.5 Å². The third-order valence-corrected chi connectivity index (χ3v) is 5.17. The van der Waals surface area contributed by atoms with Crippen molar-refractivity contribution in [3.63, 3.8) is 0 Å². The molecular formula is C13H22N4S. The number of hydrogen-bond donors (Lipinski definition) is 2. The molecule has 1 fully saturated rings. The Kier molecular flexibility index (Phi) is 4.32. The number of nitrogens with two attached hydrogens (primary N) is 1. The van der Waals surface area contributed by atoms with Gasteiger partial charge in [-0.25, -0.2) is 9.97 Å². The van der Waals surface area contributed by atoms with E-state index in [0.29, 0.717) is 10.6 Å². The molecule has 0 amide bonds. The van der Waals surface area contributed by atoms with E-state index in [-0.39, 0.29) is 0 Å². The molecule has 1 aromatic rings. The average Bonchev–Trinajstić information content (AvgIpc) is 2.32. The number of nitrogen functional groups attached to an aromatic ring is 1. The number of nitrogens with zero attached hydrogens (tertiary/aromatic N) is 2. The van der Waals surface area contributed by atoms with E-state index in [1.807, 2.05) is 11.8 Å². The molecule has 1 aromatic heterocycles. The highest BCUT2D eigenvalue weighted by molar-refractivity contribution is 8.00. The molecule has 2 rings (SSSR count). The molecule has 0 atom stereocenters. The quantitative estimate of drug-likeness (QED) is 0.829. The van der Waals surface area contributed by atoms with Crippen molar-refractivity contribution in [3.05, 3.63) is 11.9 Å². The second-order valence-corrected chi connectivity index (χ2v) is 6.20. The van der Waals surface area contributed by atoms with Gasteiger partial charge in [0.25, 0.3) is 0 Å². The van der Waals surface area contributed by atoms with Gasteiger partial charge in [-0.15, -0.1) is 0 Å². The Morgan fingerprint density at radius 1 is 1.44 bits per heavy atom. The van der Waals surface area contributed by atoms with Gasteiger partial charge in [0.15, 0.2) is 0 Å². The van der Waals surface area contributed by atoms with Crippen LogP contribution in [0.1, 0.15) is 38.2 Å². The molecule has 1 heterocycles. The zero-order valence-corrected chi connectivity index (χ0v) is 12.0. The third-order valence-electron chi connectivity index (χ3n) is 3.75. The SMILES string of the molecule is CCCc1c(N)ncnc1NCC1(SC)CCC1. The lowest BCUT2D eigenvalue weighted by molar-refractivity contribution is 0.379. The minimum atomic E-state index is 0.406. The summed E-state index contributed by atoms with van der Waals surface area (Å²) in [4.78, 5) is 8.42. The molecule has 0 spiro atoms. The lowest BCUT2D eigenvalue weighted by Crippen LogP contribution is -2.40. The molecule has 5 heteroatoms. The second kappa shape index (κ2) is 5.78. The number of thioether (sulfide) groups is 1. The van der Waals surface area contributed by atoms with Crippen molar-refractivity contribution in [1.82, 2.24) is 9.97 Å². The molecule has 18 heavy (non-hydrogen) atoms. The molecule has 1 aliphatic carbocycles. The topological polar surface area (TPSA) is 63.8 Å². The first kappa shape index (κ1) is 13.5. The molecule has 0 aliphatic heterocycles. The summed E-state index contributed by atoms with van der Waals surface area (Å²) in [6.45, 7) is 3.12. The van der Waals surface area contributed by atoms with Gasteiger partial charge < -0.3 is 11.1 Å². The summed E-state index contributed by atoms with van der Waals surface area (Å²) in [5.41, 5.74) is 6.99. The summed E-state index contributed by atoms with van der Waals surface area (Å²) in [6, 6.07) is 0. The van der Waals surface area contributed by atoms with Crippen molar-refractivity contribution >= 4 is 23.4 Å². The molecule has 0 radical (unpaired) electrons. The van der Waals surface area contributed by atoms with Crippen molar-refractivity contribution in [2.45, 2.75) is 43.8 Å². The maximum Gasteiger partial charge on any atom is 0.134 e. The molecule has 0 unspecified atom stereocenters. The van der Waals surface area contributed by atoms with Crippen LogP contribution in [0.4, 0.5) is 11.6 Å². The fraction of sp³-hybridized carbons (Fsp3) is 0.692. The molecule has 1 saturated carbocycles. The van der Waals surface area contributed by atoms with Crippen LogP contribution in [-0.4, -0.2) is 27.5 Å². The van der Waals surface area contributed by atoms with Crippen LogP contribution in [0, 0.1) is 0 Å². The van der Waals surface area contributed by atoms with Crippen LogP contribution < -0.4 is 11.1 Å². The zero-order chi connectivity index (χ0) is 13.0. The molecular weight excluding hydrogens is 244 g/mol. The highest BCUT2D eigenvalue weighted by Gasteiger charge is 2.36. The van der Waals surface area contributed by atoms with E-state index in [9.17, 15) is 0 Å². The highest BCUT2D eigenvalue weighted by Crippen LogP contribution is 2.42. The maximum atomic E-state index is 5.93. The first-order valence-electron chi connectivity index (χ1n) is 6.59. The molecule has 0 bridgehead atoms. The monoisotopic (exact) mass is 266 g/mol. The first-order valence-corrected chi connectivity index (χ1v) is 7.81. The predicted octanol–water partition coefficient (Wildman–Crippen LogP) is 2.71. The summed E-state index contributed by atoms with van der Waals surface area (Å²) in [5, 5.41) is 3.48. The van der Waals surface area contributed by atoms with Gasteiger partial charge in [0.2, 0.25) is 0 Å². The number of aromatic nitrogens is 2. The van der Waals surface area contributed by atoms with Crippen molar-refractivity contribution in [2.75, 3.05) is 23.9 Å². The normalized spacial score (nSPS) is 17.2. The highest BCUT2D eigenvalue weighted by atomic mass is 32.2. The summed E-state index contributed by atoms with van der Waals surface area (Å²) in [7, 11) is 0. The van der Waals surface area contributed by atoms with Crippen LogP contribution in [0.5, 0.6) is 0 Å². The van der Waals surface area contributed by atoms with Crippen LogP contribution >= 0.6 is 11.8 Å². The average molecular weight is 266 g/mol. The molecule has 0 saturated heterocycles. The summed E-state index contributed by atoms with van der Waals surface area (Å²) in [6.07, 6.45) is 9.67. The van der Waals surface area contributed by atoms with Crippen LogP contribution in [0.3, 0.4) is 0 Å². The lowest BCUT2D eigenvalue weighted by Gasteiger charge is -2.40. The molecule has 100 valence electrons. The Morgan fingerprint density at radius 2 is 2.22 bits per heavy atom. The minimum Gasteiger partial charge on any atom is -0.383 e. The van der Waals surface area contributed by atoms with E-state index < -0.39 is 0 Å². The lowest BCUT2D eigenvalue weighted by atomic mass is 9.84. The van der Waals surface area contributed by atoms with Gasteiger partial charge in [-0.2, -0.15) is 11.8 Å². The van der Waals surface area contributed by atoms with Gasteiger partial charge in [-0.1, -0.05) is 19.8 Å². The van der Waals surface area contributed by atoms with Gasteiger partial charge in [-0.05, 0) is 25.5 Å². The molecule has 3 N–H and O–H groups in total. The van der Waals surface area contributed by atoms with Crippen molar-refractivity contribution < 1.29 is 0 Å². The summed E-state index contributed by atoms with van der Waals surface area (Å²) in [5.74, 6) is 1.53. The van der Waals surface area contributed by atoms with E-state index in [1.165, 1.54) is 19.3 Å². The number of nitrogens with one attached hydrogen (secondary N) is 1. The van der Waals surface area contributed by atoms with Crippen molar-refractivity contribution in [2.24, 2.45) is 0 Å². The minimum absolute atomic E-state index is 0.406. The van der Waals surface area contributed by atoms with Gasteiger partial charge in [0, 0.05) is 16.9 Å². The fourth-order valence-electron chi connectivity index (χ4n) is 2.34. The standard InChI is InChI=1S/C13H22N4S/c1-3-5-10-11(14)16-9-17-12(10)15-8-13(18-2)6-4-7-13/h9H,3-8H2,1-2H3,(H3,14,15,16,17). The number of anilines is 2. The van der Waals surface area contributed by atoms with Crippen LogP contribution in [-0.2, 0) is 6.42 Å². The van der Waals surface area contributed by atoms with Crippen LogP contribution in [0.25, 0.3) is 0 Å². The molecule has 0 aromatic carbocycles. The molecule has 1 aliphatic rings. The smallest absolute Gasteiger partial charge is 0.134 e. The van der Waals surface area contributed by atoms with Gasteiger partial charge in [0.1, 0.15) is 18.0 Å². The Morgan fingerprint density at radius 3 is 2.78 bits per heavy atom. The van der Waals surface area contributed by atoms with Gasteiger partial charge in [0.05, 0.1) is 0 Å². The van der Waals surface area contributed by atoms with Crippen molar-refractivity contribution in [1.29, 1.82) is 0 Å². The zero-order valence-electron chi connectivity index (χ0n) is 11.2. The largest absolute Gasteiger partial charge is 0.383 e. The fourth-order valence-corrected chi connectivity index (χ4v) is 3.26. The van der Waals surface area contributed by atoms with Crippen LogP contribution in [0.15, 0.2) is 6.33 Å². The third kappa shape index (κ3) is 2.71. The number of rotatable bonds is 6. The van der Waals surface area contributed by atoms with Crippen molar-refractivity contribution in [3.8, 4) is 0 Å². The Balaban J connectivity index is 2.06. The maximum absolute atomic E-state index is 5.93. The van der Waals surface area contributed by atoms with E-state index in [1.54, 1.807) is 6.33 Å². The van der Waals surface area contributed by atoms with Gasteiger partial charge >= 0.3 is 0 Å². The Hall–Kier alpha value is -0.970. The Labute approximate surface area is 113 Å². The Bertz CT molecular complexity index is 398. The molecule has 4 nitrogen and oxygen atoms in total. The number of hydrogen-bond acceptors (Lipinski definition) is 5. The van der Waals surface area contributed by atoms with Gasteiger partial charge in [-0.3, -0.25) is 0 Å². The summed E-state index contributed by atoms with van der Waals surface area (Å²) < 4.78 is 0.406. The predicted molar refractivity (Wildman–Crippen MR) is 79.0 cm³/mol. The van der Waals surface area contributed by atoms with E-state index >= 15 is 0 Å². The van der Waals surface area contributed by atoms with Crippen LogP contribution in [0.2, 0.25) is 0 Å². The summed E-state index contributed by atoms with van der Waals surface area (Å²) >= 11 is 1.96.